The van der Waals surface area contributed by atoms with Crippen LogP contribution in [0.4, 0.5) is 5.69 Å². The second-order valence-corrected chi connectivity index (χ2v) is 9.78. The van der Waals surface area contributed by atoms with Crippen LogP contribution >= 0.6 is 0 Å². The van der Waals surface area contributed by atoms with Crippen LogP contribution in [0.3, 0.4) is 0 Å². The lowest BCUT2D eigenvalue weighted by molar-refractivity contribution is 0.656. The van der Waals surface area contributed by atoms with Crippen molar-refractivity contribution >= 4 is 17.3 Å². The van der Waals surface area contributed by atoms with E-state index in [-0.39, 0.29) is 6.04 Å². The molecule has 0 saturated carbocycles. The summed E-state index contributed by atoms with van der Waals surface area (Å²) in [6.07, 6.45) is 12.4. The number of hydrogen-bond donors (Lipinski definition) is 0. The molecule has 0 aromatic heterocycles. The van der Waals surface area contributed by atoms with Crippen LogP contribution in [0.1, 0.15) is 47.6 Å². The third kappa shape index (κ3) is 4.45. The van der Waals surface area contributed by atoms with Crippen LogP contribution in [0.5, 0.6) is 0 Å². The summed E-state index contributed by atoms with van der Waals surface area (Å²) >= 11 is 0. The van der Waals surface area contributed by atoms with Crippen LogP contribution in [0.2, 0.25) is 0 Å². The molecule has 0 heterocycles. The topological polar surface area (TPSA) is 3.24 Å². The number of benzene rings is 4. The third-order valence-corrected chi connectivity index (χ3v) is 7.44. The Hall–Kier alpha value is -4.10. The Bertz CT molecular complexity index is 1440. The molecule has 4 aromatic carbocycles. The molecule has 0 saturated heterocycles. The van der Waals surface area contributed by atoms with E-state index in [2.05, 4.69) is 139 Å². The second-order valence-electron chi connectivity index (χ2n) is 9.78. The number of aryl methyl sites for hydroxylation is 1. The lowest BCUT2D eigenvalue weighted by Gasteiger charge is -2.38. The van der Waals surface area contributed by atoms with Crippen molar-refractivity contribution in [1.29, 1.82) is 0 Å². The van der Waals surface area contributed by atoms with Gasteiger partial charge in [-0.2, -0.15) is 0 Å². The van der Waals surface area contributed by atoms with Gasteiger partial charge in [-0.05, 0) is 77.8 Å². The fourth-order valence-corrected chi connectivity index (χ4v) is 5.49. The first-order valence-corrected chi connectivity index (χ1v) is 12.9. The van der Waals surface area contributed by atoms with Crippen LogP contribution in [0.25, 0.3) is 22.8 Å². The molecule has 0 fully saturated rings. The number of fused-ring (bicyclic) bond motifs is 1. The van der Waals surface area contributed by atoms with E-state index >= 15 is 0 Å². The SMILES string of the molecule is Cc1ccc(-c2ccc(N(C3=CC=C(c4ccccc4)CC3)C3CC=Cc4ccccc43)cc2)cc1. The number of hydrogen-bond acceptors (Lipinski definition) is 1. The maximum absolute atomic E-state index is 2.58. The number of anilines is 1. The molecule has 0 radical (unpaired) electrons. The molecular weight excluding hydrogens is 434 g/mol. The van der Waals surface area contributed by atoms with Gasteiger partial charge in [0.2, 0.25) is 0 Å². The summed E-state index contributed by atoms with van der Waals surface area (Å²) in [6, 6.07) is 37.8. The molecule has 0 N–H and O–H groups in total. The predicted molar refractivity (Wildman–Crippen MR) is 154 cm³/mol. The molecule has 1 unspecified atom stereocenters. The highest BCUT2D eigenvalue weighted by Crippen LogP contribution is 2.41. The molecule has 2 aliphatic carbocycles. The van der Waals surface area contributed by atoms with E-state index in [1.807, 2.05) is 0 Å². The van der Waals surface area contributed by atoms with Gasteiger partial charge in [-0.25, -0.2) is 0 Å². The lowest BCUT2D eigenvalue weighted by Crippen LogP contribution is -2.30. The van der Waals surface area contributed by atoms with E-state index < -0.39 is 0 Å². The Kier molecular flexibility index (Phi) is 6.13. The van der Waals surface area contributed by atoms with E-state index in [4.69, 9.17) is 0 Å². The van der Waals surface area contributed by atoms with Crippen molar-refractivity contribution in [1.82, 2.24) is 0 Å². The number of allylic oxidation sites excluding steroid dienone is 4. The van der Waals surface area contributed by atoms with Gasteiger partial charge in [0.25, 0.3) is 0 Å². The van der Waals surface area contributed by atoms with E-state index in [1.165, 1.54) is 50.3 Å². The fraction of sp³-hybridized carbons (Fsp3) is 0.143. The molecule has 1 atom stereocenters. The van der Waals surface area contributed by atoms with Crippen LogP contribution in [-0.4, -0.2) is 0 Å². The molecule has 1 heteroatoms. The summed E-state index contributed by atoms with van der Waals surface area (Å²) in [5.74, 6) is 0. The van der Waals surface area contributed by atoms with E-state index in [0.717, 1.165) is 19.3 Å². The standard InChI is InChI=1S/C35H31N/c1-26-14-16-28(17-15-26)30-20-24-33(25-21-30)36(35-13-7-11-31-10-5-6-12-34(31)35)32-22-18-29(19-23-32)27-8-3-2-4-9-27/h2-12,14-18,20-22,24-25,35H,13,19,23H2,1H3. The normalized spacial score (nSPS) is 16.6. The van der Waals surface area contributed by atoms with Crippen molar-refractivity contribution < 1.29 is 0 Å². The van der Waals surface area contributed by atoms with Gasteiger partial charge in [0.1, 0.15) is 0 Å². The van der Waals surface area contributed by atoms with Crippen LogP contribution in [-0.2, 0) is 0 Å². The lowest BCUT2D eigenvalue weighted by atomic mass is 9.89. The summed E-state index contributed by atoms with van der Waals surface area (Å²) < 4.78 is 0. The highest BCUT2D eigenvalue weighted by Gasteiger charge is 2.27. The zero-order valence-corrected chi connectivity index (χ0v) is 20.8. The smallest absolute Gasteiger partial charge is 0.0628 e. The summed E-state index contributed by atoms with van der Waals surface area (Å²) in [4.78, 5) is 2.58. The van der Waals surface area contributed by atoms with Crippen molar-refractivity contribution in [3.8, 4) is 11.1 Å². The van der Waals surface area contributed by atoms with Gasteiger partial charge in [0.05, 0.1) is 6.04 Å². The average Bonchev–Trinajstić information content (AvgIpc) is 2.95. The van der Waals surface area contributed by atoms with Crippen LogP contribution in [0, 0.1) is 6.92 Å². The zero-order chi connectivity index (χ0) is 24.3. The van der Waals surface area contributed by atoms with E-state index in [9.17, 15) is 0 Å². The first-order valence-electron chi connectivity index (χ1n) is 12.9. The monoisotopic (exact) mass is 465 g/mol. The van der Waals surface area contributed by atoms with Crippen LogP contribution < -0.4 is 4.90 Å². The van der Waals surface area contributed by atoms with Gasteiger partial charge < -0.3 is 4.90 Å². The first kappa shape index (κ1) is 22.4. The summed E-state index contributed by atoms with van der Waals surface area (Å²) in [7, 11) is 0. The van der Waals surface area contributed by atoms with Gasteiger partial charge in [-0.3, -0.25) is 0 Å². The molecule has 36 heavy (non-hydrogen) atoms. The second kappa shape index (κ2) is 9.87. The molecule has 0 spiro atoms. The summed E-state index contributed by atoms with van der Waals surface area (Å²) in [5, 5.41) is 0. The van der Waals surface area contributed by atoms with E-state index in [1.54, 1.807) is 0 Å². The van der Waals surface area contributed by atoms with Gasteiger partial charge in [-0.15, -0.1) is 0 Å². The van der Waals surface area contributed by atoms with Crippen molar-refractivity contribution in [3.05, 3.63) is 149 Å². The Morgan fingerprint density at radius 1 is 0.639 bits per heavy atom. The van der Waals surface area contributed by atoms with Crippen molar-refractivity contribution in [2.75, 3.05) is 4.90 Å². The number of rotatable bonds is 5. The highest BCUT2D eigenvalue weighted by molar-refractivity contribution is 5.72. The van der Waals surface area contributed by atoms with Crippen molar-refractivity contribution in [3.63, 3.8) is 0 Å². The van der Waals surface area contributed by atoms with Gasteiger partial charge in [0.15, 0.2) is 0 Å². The molecule has 6 rings (SSSR count). The minimum absolute atomic E-state index is 0.286. The minimum atomic E-state index is 0.286. The molecule has 0 bridgehead atoms. The Labute approximate surface area is 214 Å². The quantitative estimate of drug-likeness (QED) is 0.284. The average molecular weight is 466 g/mol. The van der Waals surface area contributed by atoms with E-state index in [0.29, 0.717) is 0 Å². The molecule has 176 valence electrons. The van der Waals surface area contributed by atoms with Gasteiger partial charge in [-0.1, -0.05) is 115 Å². The molecule has 4 aromatic rings. The highest BCUT2D eigenvalue weighted by atomic mass is 15.2. The minimum Gasteiger partial charge on any atom is -0.337 e. The number of nitrogens with zero attached hydrogens (tertiary/aromatic N) is 1. The third-order valence-electron chi connectivity index (χ3n) is 7.44. The predicted octanol–water partition coefficient (Wildman–Crippen LogP) is 9.39. The first-order chi connectivity index (χ1) is 17.8. The molecule has 0 amide bonds. The van der Waals surface area contributed by atoms with Crippen LogP contribution in [0.15, 0.2) is 127 Å². The largest absolute Gasteiger partial charge is 0.337 e. The molecular formula is C35H31N. The maximum Gasteiger partial charge on any atom is 0.0628 e. The Morgan fingerprint density at radius 3 is 2.06 bits per heavy atom. The van der Waals surface area contributed by atoms with Gasteiger partial charge in [0, 0.05) is 11.4 Å². The Morgan fingerprint density at radius 2 is 1.33 bits per heavy atom. The zero-order valence-electron chi connectivity index (χ0n) is 20.8. The summed E-state index contributed by atoms with van der Waals surface area (Å²) in [5.41, 5.74) is 11.9. The molecule has 0 aliphatic heterocycles. The summed E-state index contributed by atoms with van der Waals surface area (Å²) in [6.45, 7) is 2.14. The van der Waals surface area contributed by atoms with Crippen molar-refractivity contribution in [2.45, 2.75) is 32.2 Å². The van der Waals surface area contributed by atoms with Crippen molar-refractivity contribution in [2.24, 2.45) is 0 Å². The maximum atomic E-state index is 2.58. The molecule has 2 aliphatic rings. The Balaban J connectivity index is 1.39. The molecule has 1 nitrogen and oxygen atoms in total. The fourth-order valence-electron chi connectivity index (χ4n) is 5.49. The van der Waals surface area contributed by atoms with Gasteiger partial charge >= 0.3 is 0 Å².